The van der Waals surface area contributed by atoms with Gasteiger partial charge in [-0.05, 0) is 36.8 Å². The minimum Gasteiger partial charge on any atom is -0.323 e. The number of carbonyl (C=O) groups is 1. The van der Waals surface area contributed by atoms with Crippen molar-refractivity contribution in [1.29, 1.82) is 0 Å². The molecule has 0 saturated heterocycles. The number of halogens is 2. The summed E-state index contributed by atoms with van der Waals surface area (Å²) in [7, 11) is 0. The van der Waals surface area contributed by atoms with Crippen molar-refractivity contribution < 1.29 is 13.6 Å². The Balaban J connectivity index is 1.55. The number of rotatable bonds is 6. The molecule has 4 aromatic rings. The lowest BCUT2D eigenvalue weighted by Gasteiger charge is -2.11. The van der Waals surface area contributed by atoms with Gasteiger partial charge in [0.05, 0.1) is 28.2 Å². The van der Waals surface area contributed by atoms with Gasteiger partial charge in [0.15, 0.2) is 0 Å². The van der Waals surface area contributed by atoms with Gasteiger partial charge >= 0.3 is 0 Å². The van der Waals surface area contributed by atoms with E-state index in [1.54, 1.807) is 0 Å². The van der Waals surface area contributed by atoms with E-state index in [1.165, 1.54) is 23.4 Å². The molecule has 0 fully saturated rings. The summed E-state index contributed by atoms with van der Waals surface area (Å²) in [5.41, 5.74) is 4.50. The molecule has 1 N–H and O–H groups in total. The SMILES string of the molecule is Cc1ccc(Cc2nc3ccccc3nc2SCC(=O)Nc2ccc(F)cc2F)cc1. The lowest BCUT2D eigenvalue weighted by atomic mass is 10.1. The first kappa shape index (κ1) is 20.9. The highest BCUT2D eigenvalue weighted by Crippen LogP contribution is 2.25. The van der Waals surface area contributed by atoms with Crippen molar-refractivity contribution in [3.05, 3.63) is 95.2 Å². The first-order valence-electron chi connectivity index (χ1n) is 9.67. The van der Waals surface area contributed by atoms with Crippen LogP contribution >= 0.6 is 11.8 Å². The molecule has 0 unspecified atom stereocenters. The normalized spacial score (nSPS) is 10.9. The highest BCUT2D eigenvalue weighted by atomic mass is 32.2. The van der Waals surface area contributed by atoms with Crippen molar-refractivity contribution in [2.24, 2.45) is 0 Å². The number of hydrogen-bond acceptors (Lipinski definition) is 4. The van der Waals surface area contributed by atoms with Crippen molar-refractivity contribution in [1.82, 2.24) is 9.97 Å². The minimum atomic E-state index is -0.816. The zero-order valence-corrected chi connectivity index (χ0v) is 17.5. The molecule has 0 atom stereocenters. The van der Waals surface area contributed by atoms with Crippen LogP contribution in [0.3, 0.4) is 0 Å². The van der Waals surface area contributed by atoms with Crippen LogP contribution in [0, 0.1) is 18.6 Å². The zero-order valence-electron chi connectivity index (χ0n) is 16.7. The fourth-order valence-corrected chi connectivity index (χ4v) is 3.85. The average Bonchev–Trinajstić information content (AvgIpc) is 2.76. The number of fused-ring (bicyclic) bond motifs is 1. The highest BCUT2D eigenvalue weighted by molar-refractivity contribution is 8.00. The summed E-state index contributed by atoms with van der Waals surface area (Å²) in [6.45, 7) is 2.03. The van der Waals surface area contributed by atoms with Gasteiger partial charge in [-0.25, -0.2) is 18.7 Å². The van der Waals surface area contributed by atoms with Crippen molar-refractivity contribution in [2.75, 3.05) is 11.1 Å². The standard InChI is InChI=1S/C24H19F2N3OS/c1-15-6-8-16(9-7-15)12-22-24(29-21-5-3-2-4-20(21)27-22)31-14-23(30)28-19-11-10-17(25)13-18(19)26/h2-11,13H,12,14H2,1H3,(H,28,30). The smallest absolute Gasteiger partial charge is 0.234 e. The Morgan fingerprint density at radius 2 is 1.68 bits per heavy atom. The van der Waals surface area contributed by atoms with Crippen LogP contribution in [-0.4, -0.2) is 21.6 Å². The number of carbonyl (C=O) groups excluding carboxylic acids is 1. The molecule has 156 valence electrons. The molecule has 0 saturated carbocycles. The molecule has 31 heavy (non-hydrogen) atoms. The molecule has 3 aromatic carbocycles. The summed E-state index contributed by atoms with van der Waals surface area (Å²) in [5, 5.41) is 3.12. The van der Waals surface area contributed by atoms with Crippen LogP contribution in [0.25, 0.3) is 11.0 Å². The number of anilines is 1. The van der Waals surface area contributed by atoms with Crippen molar-refractivity contribution in [3.63, 3.8) is 0 Å². The molecule has 4 rings (SSSR count). The fourth-order valence-electron chi connectivity index (χ4n) is 3.06. The Labute approximate surface area is 182 Å². The second kappa shape index (κ2) is 9.22. The summed E-state index contributed by atoms with van der Waals surface area (Å²) >= 11 is 1.24. The van der Waals surface area contributed by atoms with Gasteiger partial charge in [-0.2, -0.15) is 0 Å². The number of aromatic nitrogens is 2. The van der Waals surface area contributed by atoms with Gasteiger partial charge in [0.25, 0.3) is 0 Å². The maximum Gasteiger partial charge on any atom is 0.234 e. The molecule has 0 spiro atoms. The number of para-hydroxylation sites is 2. The summed E-state index contributed by atoms with van der Waals surface area (Å²) in [4.78, 5) is 21.8. The van der Waals surface area contributed by atoms with Gasteiger partial charge < -0.3 is 5.32 Å². The Bertz CT molecular complexity index is 1250. The predicted octanol–water partition coefficient (Wildman–Crippen LogP) is 5.54. The zero-order chi connectivity index (χ0) is 21.8. The number of nitrogens with one attached hydrogen (secondary N) is 1. The van der Waals surface area contributed by atoms with Gasteiger partial charge in [-0.1, -0.05) is 53.7 Å². The minimum absolute atomic E-state index is 0.0186. The van der Waals surface area contributed by atoms with Crippen molar-refractivity contribution in [2.45, 2.75) is 18.4 Å². The number of thioether (sulfide) groups is 1. The third-order valence-electron chi connectivity index (χ3n) is 4.64. The molecule has 7 heteroatoms. The monoisotopic (exact) mass is 435 g/mol. The summed E-state index contributed by atoms with van der Waals surface area (Å²) in [5.74, 6) is -1.90. The molecule has 4 nitrogen and oxygen atoms in total. The second-order valence-electron chi connectivity index (χ2n) is 7.09. The van der Waals surface area contributed by atoms with E-state index in [2.05, 4.69) is 5.32 Å². The molecule has 0 bridgehead atoms. The predicted molar refractivity (Wildman–Crippen MR) is 119 cm³/mol. The first-order valence-corrected chi connectivity index (χ1v) is 10.7. The molecule has 0 radical (unpaired) electrons. The molecule has 0 aliphatic carbocycles. The van der Waals surface area contributed by atoms with E-state index in [0.29, 0.717) is 11.4 Å². The van der Waals surface area contributed by atoms with E-state index in [4.69, 9.17) is 9.97 Å². The summed E-state index contributed by atoms with van der Waals surface area (Å²) in [6, 6.07) is 18.8. The number of amides is 1. The molecule has 1 amide bonds. The van der Waals surface area contributed by atoms with Crippen LogP contribution in [0.5, 0.6) is 0 Å². The summed E-state index contributed by atoms with van der Waals surface area (Å²) < 4.78 is 26.9. The number of hydrogen-bond donors (Lipinski definition) is 1. The van der Waals surface area contributed by atoms with Crippen LogP contribution in [0.4, 0.5) is 14.5 Å². The van der Waals surface area contributed by atoms with E-state index in [1.807, 2.05) is 55.5 Å². The molecular weight excluding hydrogens is 416 g/mol. The Morgan fingerprint density at radius 3 is 2.39 bits per heavy atom. The third-order valence-corrected chi connectivity index (χ3v) is 5.65. The van der Waals surface area contributed by atoms with Gasteiger partial charge in [0.1, 0.15) is 16.7 Å². The van der Waals surface area contributed by atoms with Gasteiger partial charge in [0, 0.05) is 12.5 Å². The van der Waals surface area contributed by atoms with Crippen molar-refractivity contribution in [3.8, 4) is 0 Å². The van der Waals surface area contributed by atoms with Gasteiger partial charge in [-0.15, -0.1) is 0 Å². The van der Waals surface area contributed by atoms with E-state index in [0.717, 1.165) is 34.4 Å². The van der Waals surface area contributed by atoms with Crippen LogP contribution in [0.15, 0.2) is 71.8 Å². The van der Waals surface area contributed by atoms with E-state index >= 15 is 0 Å². The number of aryl methyl sites for hydroxylation is 1. The molecule has 1 heterocycles. The molecule has 0 aliphatic heterocycles. The largest absolute Gasteiger partial charge is 0.323 e. The van der Waals surface area contributed by atoms with Gasteiger partial charge in [0.2, 0.25) is 5.91 Å². The maximum absolute atomic E-state index is 13.8. The van der Waals surface area contributed by atoms with Crippen molar-refractivity contribution >= 4 is 34.4 Å². The molecule has 1 aromatic heterocycles. The van der Waals surface area contributed by atoms with Crippen LogP contribution in [-0.2, 0) is 11.2 Å². The van der Waals surface area contributed by atoms with E-state index < -0.39 is 17.5 Å². The topological polar surface area (TPSA) is 54.9 Å². The Kier molecular flexibility index (Phi) is 6.23. The third kappa shape index (κ3) is 5.24. The fraction of sp³-hybridized carbons (Fsp3) is 0.125. The Morgan fingerprint density at radius 1 is 0.968 bits per heavy atom. The quantitative estimate of drug-likeness (QED) is 0.404. The van der Waals surface area contributed by atoms with E-state index in [-0.39, 0.29) is 11.4 Å². The van der Waals surface area contributed by atoms with Crippen LogP contribution in [0.2, 0.25) is 0 Å². The summed E-state index contributed by atoms with van der Waals surface area (Å²) in [6.07, 6.45) is 0.578. The molecular formula is C24H19F2N3OS. The highest BCUT2D eigenvalue weighted by Gasteiger charge is 2.14. The van der Waals surface area contributed by atoms with Crippen LogP contribution < -0.4 is 5.32 Å². The lowest BCUT2D eigenvalue weighted by molar-refractivity contribution is -0.113. The second-order valence-corrected chi connectivity index (χ2v) is 8.05. The lowest BCUT2D eigenvalue weighted by Crippen LogP contribution is -2.15. The first-order chi connectivity index (χ1) is 15.0. The van der Waals surface area contributed by atoms with E-state index in [9.17, 15) is 13.6 Å². The van der Waals surface area contributed by atoms with Gasteiger partial charge in [-0.3, -0.25) is 4.79 Å². The Hall–Kier alpha value is -3.32. The molecule has 0 aliphatic rings. The number of nitrogens with zero attached hydrogens (tertiary/aromatic N) is 2. The van der Waals surface area contributed by atoms with Crippen LogP contribution in [0.1, 0.15) is 16.8 Å². The maximum atomic E-state index is 13.8. The average molecular weight is 435 g/mol. The number of benzene rings is 3.